The van der Waals surface area contributed by atoms with Gasteiger partial charge in [0.25, 0.3) is 0 Å². The van der Waals surface area contributed by atoms with E-state index in [0.717, 1.165) is 32.1 Å². The van der Waals surface area contributed by atoms with E-state index in [-0.39, 0.29) is 35.4 Å². The van der Waals surface area contributed by atoms with Gasteiger partial charge in [-0.15, -0.1) is 0 Å². The maximum absolute atomic E-state index is 11.5. The van der Waals surface area contributed by atoms with Crippen LogP contribution < -0.4 is 0 Å². The summed E-state index contributed by atoms with van der Waals surface area (Å²) in [7, 11) is 1.67. The molecule has 0 aromatic rings. The summed E-state index contributed by atoms with van der Waals surface area (Å²) >= 11 is 0. The van der Waals surface area contributed by atoms with Crippen molar-refractivity contribution in [3.05, 3.63) is 0 Å². The Labute approximate surface area is 157 Å². The fourth-order valence-electron chi connectivity index (χ4n) is 7.33. The van der Waals surface area contributed by atoms with Crippen LogP contribution in [0.25, 0.3) is 0 Å². The first kappa shape index (κ1) is 18.7. The maximum atomic E-state index is 11.5. The maximum Gasteiger partial charge on any atom is 0.146 e. The highest BCUT2D eigenvalue weighted by molar-refractivity contribution is 5.29. The van der Waals surface area contributed by atoms with Gasteiger partial charge in [-0.2, -0.15) is 5.26 Å². The number of fused-ring (bicyclic) bond motifs is 2. The van der Waals surface area contributed by atoms with Gasteiger partial charge in [0, 0.05) is 18.4 Å². The molecule has 0 amide bonds. The standard InChI is InChI=1S/C21H33NO4/c1-18(2)9-7-16(25-13-24-4)19(3)14-6-5-8-20(23,10-11-22)21(14)17(26-21)12-15(18)19/h14-17,23H,5-10,12-13H2,1-4H3/t14-,15+,16-,17+,19-,20+,21-/m0/s1. The summed E-state index contributed by atoms with van der Waals surface area (Å²) in [4.78, 5) is 0. The molecule has 0 radical (unpaired) electrons. The number of aliphatic hydroxyl groups is 1. The molecule has 5 nitrogen and oxygen atoms in total. The van der Waals surface area contributed by atoms with Gasteiger partial charge in [-0.05, 0) is 43.4 Å². The lowest BCUT2D eigenvalue weighted by Crippen LogP contribution is -2.67. The summed E-state index contributed by atoms with van der Waals surface area (Å²) in [6.45, 7) is 7.42. The van der Waals surface area contributed by atoms with Crippen LogP contribution in [0.4, 0.5) is 0 Å². The van der Waals surface area contributed by atoms with Gasteiger partial charge in [0.1, 0.15) is 18.0 Å². The Kier molecular flexibility index (Phi) is 4.25. The average molecular weight is 363 g/mol. The molecule has 0 aromatic carbocycles. The Hall–Kier alpha value is -0.670. The van der Waals surface area contributed by atoms with Gasteiger partial charge in [-0.1, -0.05) is 27.2 Å². The number of nitriles is 1. The van der Waals surface area contributed by atoms with Crippen molar-refractivity contribution in [3.8, 4) is 6.07 Å². The van der Waals surface area contributed by atoms with Crippen LogP contribution in [0.3, 0.4) is 0 Å². The summed E-state index contributed by atoms with van der Waals surface area (Å²) in [5.74, 6) is 0.716. The molecule has 0 bridgehead atoms. The highest BCUT2D eigenvalue weighted by atomic mass is 16.7. The Bertz CT molecular complexity index is 616. The van der Waals surface area contributed by atoms with E-state index in [0.29, 0.717) is 19.1 Å². The van der Waals surface area contributed by atoms with E-state index in [1.54, 1.807) is 7.11 Å². The molecule has 1 saturated heterocycles. The molecule has 1 N–H and O–H groups in total. The molecule has 1 aliphatic heterocycles. The predicted molar refractivity (Wildman–Crippen MR) is 96.1 cm³/mol. The van der Waals surface area contributed by atoms with Crippen LogP contribution in [0.15, 0.2) is 0 Å². The minimum absolute atomic E-state index is 0.0723. The van der Waals surface area contributed by atoms with Crippen LogP contribution in [0.5, 0.6) is 0 Å². The van der Waals surface area contributed by atoms with E-state index in [4.69, 9.17) is 14.2 Å². The van der Waals surface area contributed by atoms with Crippen molar-refractivity contribution in [1.29, 1.82) is 5.26 Å². The molecule has 3 aliphatic carbocycles. The molecular formula is C21H33NO4. The molecule has 0 unspecified atom stereocenters. The predicted octanol–water partition coefficient (Wildman–Crippen LogP) is 3.40. The molecule has 4 rings (SSSR count). The van der Waals surface area contributed by atoms with Crippen molar-refractivity contribution >= 4 is 0 Å². The van der Waals surface area contributed by atoms with Crippen molar-refractivity contribution in [1.82, 2.24) is 0 Å². The number of hydrogen-bond acceptors (Lipinski definition) is 5. The van der Waals surface area contributed by atoms with Crippen LogP contribution in [-0.4, -0.2) is 42.4 Å². The lowest BCUT2D eigenvalue weighted by molar-refractivity contribution is -0.229. The zero-order chi connectivity index (χ0) is 18.8. The number of epoxide rings is 1. The molecule has 5 heteroatoms. The van der Waals surface area contributed by atoms with Crippen molar-refractivity contribution in [3.63, 3.8) is 0 Å². The van der Waals surface area contributed by atoms with Crippen molar-refractivity contribution < 1.29 is 19.3 Å². The minimum atomic E-state index is -1.02. The molecule has 4 fully saturated rings. The van der Waals surface area contributed by atoms with Crippen molar-refractivity contribution in [2.75, 3.05) is 13.9 Å². The van der Waals surface area contributed by atoms with Gasteiger partial charge >= 0.3 is 0 Å². The Morgan fingerprint density at radius 2 is 1.96 bits per heavy atom. The lowest BCUT2D eigenvalue weighted by Gasteiger charge is -2.63. The second-order valence-electron chi connectivity index (χ2n) is 9.95. The lowest BCUT2D eigenvalue weighted by atomic mass is 9.42. The third-order valence-electron chi connectivity index (χ3n) is 8.48. The highest BCUT2D eigenvalue weighted by Gasteiger charge is 2.81. The molecule has 1 heterocycles. The molecule has 1 spiro atoms. The van der Waals surface area contributed by atoms with E-state index in [1.165, 1.54) is 0 Å². The first-order valence-electron chi connectivity index (χ1n) is 10.1. The van der Waals surface area contributed by atoms with Crippen LogP contribution >= 0.6 is 0 Å². The number of ether oxygens (including phenoxy) is 3. The molecule has 0 aromatic heterocycles. The molecule has 3 saturated carbocycles. The smallest absolute Gasteiger partial charge is 0.146 e. The zero-order valence-corrected chi connectivity index (χ0v) is 16.6. The average Bonchev–Trinajstić information content (AvgIpc) is 3.30. The van der Waals surface area contributed by atoms with E-state index in [2.05, 4.69) is 26.8 Å². The van der Waals surface area contributed by atoms with Gasteiger partial charge < -0.3 is 19.3 Å². The number of methoxy groups -OCH3 is 1. The largest absolute Gasteiger partial charge is 0.386 e. The molecular weight excluding hydrogens is 330 g/mol. The van der Waals surface area contributed by atoms with Gasteiger partial charge in [-0.25, -0.2) is 0 Å². The van der Waals surface area contributed by atoms with Gasteiger partial charge in [-0.3, -0.25) is 0 Å². The molecule has 26 heavy (non-hydrogen) atoms. The fraction of sp³-hybridized carbons (Fsp3) is 0.952. The summed E-state index contributed by atoms with van der Waals surface area (Å²) in [5, 5.41) is 20.8. The first-order valence-corrected chi connectivity index (χ1v) is 10.1. The first-order chi connectivity index (χ1) is 12.3. The van der Waals surface area contributed by atoms with Crippen LogP contribution in [-0.2, 0) is 14.2 Å². The monoisotopic (exact) mass is 363 g/mol. The SMILES string of the molecule is COCO[C@H]1CCC(C)(C)[C@H]2C[C@H]3O[C@@]34[C@@H](CCC[C@@]4(O)CC#N)[C@]12C. The quantitative estimate of drug-likeness (QED) is 0.612. The minimum Gasteiger partial charge on any atom is -0.386 e. The normalized spacial score (nSPS) is 51.5. The van der Waals surface area contributed by atoms with Gasteiger partial charge in [0.2, 0.25) is 0 Å². The van der Waals surface area contributed by atoms with E-state index in [1.807, 2.05) is 0 Å². The van der Waals surface area contributed by atoms with Crippen LogP contribution in [0, 0.1) is 34.0 Å². The van der Waals surface area contributed by atoms with Crippen LogP contribution in [0.2, 0.25) is 0 Å². The number of hydrogen-bond donors (Lipinski definition) is 1. The summed E-state index contributed by atoms with van der Waals surface area (Å²) in [6.07, 6.45) is 6.12. The van der Waals surface area contributed by atoms with Gasteiger partial charge in [0.05, 0.1) is 24.7 Å². The number of nitrogens with zero attached hydrogens (tertiary/aromatic N) is 1. The Balaban J connectivity index is 1.76. The Morgan fingerprint density at radius 3 is 2.65 bits per heavy atom. The zero-order valence-electron chi connectivity index (χ0n) is 16.6. The summed E-state index contributed by atoms with van der Waals surface area (Å²) < 4.78 is 17.8. The van der Waals surface area contributed by atoms with E-state index >= 15 is 0 Å². The molecule has 4 aliphatic rings. The second-order valence-corrected chi connectivity index (χ2v) is 9.95. The third-order valence-corrected chi connectivity index (χ3v) is 8.48. The Morgan fingerprint density at radius 1 is 1.19 bits per heavy atom. The second kappa shape index (κ2) is 5.91. The fourth-order valence-corrected chi connectivity index (χ4v) is 7.33. The third kappa shape index (κ3) is 2.22. The summed E-state index contributed by atoms with van der Waals surface area (Å²) in [6, 6.07) is 2.23. The molecule has 146 valence electrons. The number of rotatable bonds is 4. The summed E-state index contributed by atoms with van der Waals surface area (Å²) in [5.41, 5.74) is -1.41. The molecule has 7 atom stereocenters. The van der Waals surface area contributed by atoms with E-state index < -0.39 is 11.2 Å². The topological polar surface area (TPSA) is 75.0 Å². The van der Waals surface area contributed by atoms with Crippen molar-refractivity contribution in [2.24, 2.45) is 22.7 Å². The van der Waals surface area contributed by atoms with E-state index in [9.17, 15) is 10.4 Å². The highest BCUT2D eigenvalue weighted by Crippen LogP contribution is 2.73. The van der Waals surface area contributed by atoms with Crippen LogP contribution in [0.1, 0.15) is 65.7 Å². The van der Waals surface area contributed by atoms with Crippen molar-refractivity contribution in [2.45, 2.75) is 89.1 Å². The van der Waals surface area contributed by atoms with Gasteiger partial charge in [0.15, 0.2) is 0 Å².